The van der Waals surface area contributed by atoms with Gasteiger partial charge in [0.15, 0.2) is 0 Å². The summed E-state index contributed by atoms with van der Waals surface area (Å²) in [5.74, 6) is 0.0718. The van der Waals surface area contributed by atoms with Crippen LogP contribution in [0.4, 0.5) is 8.78 Å². The molecule has 1 aliphatic heterocycles. The minimum Gasteiger partial charge on any atom is -0.435 e. The third-order valence-electron chi connectivity index (χ3n) is 3.17. The van der Waals surface area contributed by atoms with Gasteiger partial charge in [0.05, 0.1) is 12.2 Å². The molecule has 0 aliphatic carbocycles. The minimum absolute atomic E-state index is 0.0718. The first-order valence-corrected chi connectivity index (χ1v) is 6.18. The molecule has 0 bridgehead atoms. The average molecular weight is 273 g/mol. The van der Waals surface area contributed by atoms with E-state index in [1.165, 1.54) is 12.1 Å². The van der Waals surface area contributed by atoms with E-state index in [2.05, 4.69) is 4.74 Å². The molecule has 2 N–H and O–H groups in total. The molecule has 0 spiro atoms. The number of halogens is 2. The molecule has 106 valence electrons. The smallest absolute Gasteiger partial charge is 0.387 e. The second-order valence-electron chi connectivity index (χ2n) is 4.67. The van der Waals surface area contributed by atoms with E-state index in [9.17, 15) is 19.0 Å². The first-order chi connectivity index (χ1) is 9.04. The highest BCUT2D eigenvalue weighted by atomic mass is 19.3. The highest BCUT2D eigenvalue weighted by Crippen LogP contribution is 2.21. The first-order valence-electron chi connectivity index (χ1n) is 6.18. The average Bonchev–Trinajstić information content (AvgIpc) is 2.75. The van der Waals surface area contributed by atoms with Gasteiger partial charge in [-0.2, -0.15) is 8.78 Å². The molecule has 2 rings (SSSR count). The quantitative estimate of drug-likeness (QED) is 0.851. The van der Waals surface area contributed by atoms with Crippen LogP contribution in [0.2, 0.25) is 0 Å². The number of rotatable bonds is 5. The third kappa shape index (κ3) is 4.12. The van der Waals surface area contributed by atoms with Crippen LogP contribution >= 0.6 is 0 Å². The summed E-state index contributed by atoms with van der Waals surface area (Å²) in [7, 11) is 0. The van der Waals surface area contributed by atoms with Gasteiger partial charge >= 0.3 is 6.61 Å². The summed E-state index contributed by atoms with van der Waals surface area (Å²) in [6.45, 7) is -1.11. The van der Waals surface area contributed by atoms with Crippen molar-refractivity contribution in [3.8, 4) is 5.75 Å². The molecule has 1 heterocycles. The number of aliphatic hydroxyl groups is 2. The molecule has 1 aromatic rings. The Bertz CT molecular complexity index is 399. The van der Waals surface area contributed by atoms with Crippen LogP contribution in [0.1, 0.15) is 18.1 Å². The van der Waals surface area contributed by atoms with Crippen LogP contribution in [0.3, 0.4) is 0 Å². The molecule has 19 heavy (non-hydrogen) atoms. The minimum atomic E-state index is -2.85. The summed E-state index contributed by atoms with van der Waals surface area (Å²) in [6.07, 6.45) is -0.312. The van der Waals surface area contributed by atoms with E-state index in [4.69, 9.17) is 0 Å². The van der Waals surface area contributed by atoms with E-state index < -0.39 is 12.7 Å². The van der Waals surface area contributed by atoms with Crippen molar-refractivity contribution in [3.63, 3.8) is 0 Å². The van der Waals surface area contributed by atoms with Crippen molar-refractivity contribution in [2.24, 2.45) is 0 Å². The number of aliphatic hydroxyl groups excluding tert-OH is 2. The van der Waals surface area contributed by atoms with E-state index in [1.54, 1.807) is 12.1 Å². The van der Waals surface area contributed by atoms with Gasteiger partial charge < -0.3 is 14.9 Å². The van der Waals surface area contributed by atoms with Gasteiger partial charge in [-0.25, -0.2) is 0 Å². The van der Waals surface area contributed by atoms with Crippen molar-refractivity contribution in [1.29, 1.82) is 0 Å². The Morgan fingerprint density at radius 2 is 2.00 bits per heavy atom. The Kier molecular flexibility index (Phi) is 4.68. The van der Waals surface area contributed by atoms with Gasteiger partial charge in [0.2, 0.25) is 0 Å². The predicted octanol–water partition coefficient (Wildman–Crippen LogP) is 1.39. The van der Waals surface area contributed by atoms with Crippen LogP contribution in [0.25, 0.3) is 0 Å². The maximum absolute atomic E-state index is 12.0. The number of ether oxygens (including phenoxy) is 1. The van der Waals surface area contributed by atoms with Gasteiger partial charge in [0.25, 0.3) is 0 Å². The van der Waals surface area contributed by atoms with Crippen LogP contribution in [-0.2, 0) is 0 Å². The third-order valence-corrected chi connectivity index (χ3v) is 3.17. The molecule has 1 fully saturated rings. The highest BCUT2D eigenvalue weighted by molar-refractivity contribution is 5.28. The Morgan fingerprint density at radius 3 is 2.53 bits per heavy atom. The van der Waals surface area contributed by atoms with Crippen molar-refractivity contribution in [2.75, 3.05) is 19.6 Å². The van der Waals surface area contributed by atoms with Crippen LogP contribution in [0.5, 0.6) is 5.75 Å². The largest absolute Gasteiger partial charge is 0.435 e. The summed E-state index contributed by atoms with van der Waals surface area (Å²) >= 11 is 0. The molecule has 1 saturated heterocycles. The summed E-state index contributed by atoms with van der Waals surface area (Å²) in [6, 6.07) is 5.94. The Labute approximate surface area is 110 Å². The summed E-state index contributed by atoms with van der Waals surface area (Å²) in [5, 5.41) is 19.4. The van der Waals surface area contributed by atoms with Crippen molar-refractivity contribution in [3.05, 3.63) is 29.8 Å². The molecule has 1 aliphatic rings. The number of hydrogen-bond acceptors (Lipinski definition) is 4. The number of alkyl halides is 2. The molecule has 6 heteroatoms. The van der Waals surface area contributed by atoms with E-state index in [1.807, 2.05) is 4.90 Å². The summed E-state index contributed by atoms with van der Waals surface area (Å²) in [4.78, 5) is 1.97. The zero-order valence-corrected chi connectivity index (χ0v) is 10.4. The second kappa shape index (κ2) is 6.27. The van der Waals surface area contributed by atoms with Gasteiger partial charge in [-0.15, -0.1) is 0 Å². The summed E-state index contributed by atoms with van der Waals surface area (Å²) < 4.78 is 28.2. The molecule has 0 radical (unpaired) electrons. The fraction of sp³-hybridized carbons (Fsp3) is 0.538. The Balaban J connectivity index is 1.90. The molecule has 2 atom stereocenters. The van der Waals surface area contributed by atoms with E-state index in [0.29, 0.717) is 25.1 Å². The zero-order valence-electron chi connectivity index (χ0n) is 10.4. The van der Waals surface area contributed by atoms with Crippen LogP contribution in [0.15, 0.2) is 24.3 Å². The monoisotopic (exact) mass is 273 g/mol. The van der Waals surface area contributed by atoms with Gasteiger partial charge in [-0.05, 0) is 24.1 Å². The lowest BCUT2D eigenvalue weighted by atomic mass is 10.1. The van der Waals surface area contributed by atoms with E-state index in [0.717, 1.165) is 6.54 Å². The fourth-order valence-corrected chi connectivity index (χ4v) is 2.20. The van der Waals surface area contributed by atoms with E-state index in [-0.39, 0.29) is 11.9 Å². The standard InChI is InChI=1S/C13H17F2NO3/c14-13(15)19-11-3-1-9(2-4-11)12(18)8-16-6-5-10(17)7-16/h1-4,10,12-13,17-18H,5-8H2. The number of nitrogens with zero attached hydrogens (tertiary/aromatic N) is 1. The molecule has 1 aromatic carbocycles. The normalized spacial score (nSPS) is 21.8. The lowest BCUT2D eigenvalue weighted by Gasteiger charge is -2.19. The molecule has 0 aromatic heterocycles. The molecule has 4 nitrogen and oxygen atoms in total. The predicted molar refractivity (Wildman–Crippen MR) is 65.1 cm³/mol. The maximum Gasteiger partial charge on any atom is 0.387 e. The number of benzene rings is 1. The lowest BCUT2D eigenvalue weighted by Crippen LogP contribution is -2.27. The maximum atomic E-state index is 12.0. The van der Waals surface area contributed by atoms with Crippen LogP contribution in [-0.4, -0.2) is 47.5 Å². The fourth-order valence-electron chi connectivity index (χ4n) is 2.20. The highest BCUT2D eigenvalue weighted by Gasteiger charge is 2.22. The Hall–Kier alpha value is -1.24. The molecule has 0 saturated carbocycles. The van der Waals surface area contributed by atoms with Crippen LogP contribution in [0, 0.1) is 0 Å². The first kappa shape index (κ1) is 14.2. The molecule has 0 amide bonds. The van der Waals surface area contributed by atoms with Crippen LogP contribution < -0.4 is 4.74 Å². The van der Waals surface area contributed by atoms with Crippen molar-refractivity contribution >= 4 is 0 Å². The number of hydrogen-bond donors (Lipinski definition) is 2. The summed E-state index contributed by atoms with van der Waals surface area (Å²) in [5.41, 5.74) is 0.642. The molecular weight excluding hydrogens is 256 g/mol. The number of β-amino-alcohol motifs (C(OH)–C–C–N with tert-alkyl or cyclic N) is 2. The SMILES string of the molecule is OC1CCN(CC(O)c2ccc(OC(F)F)cc2)C1. The number of likely N-dealkylation sites (tertiary alicyclic amines) is 1. The van der Waals surface area contributed by atoms with Gasteiger partial charge in [-0.3, -0.25) is 4.90 Å². The van der Waals surface area contributed by atoms with Crippen molar-refractivity contribution in [1.82, 2.24) is 4.90 Å². The van der Waals surface area contributed by atoms with Gasteiger partial charge in [0, 0.05) is 19.6 Å². The second-order valence-corrected chi connectivity index (χ2v) is 4.67. The Morgan fingerprint density at radius 1 is 1.32 bits per heavy atom. The topological polar surface area (TPSA) is 52.9 Å². The molecule has 2 unspecified atom stereocenters. The molecular formula is C13H17F2NO3. The zero-order chi connectivity index (χ0) is 13.8. The lowest BCUT2D eigenvalue weighted by molar-refractivity contribution is -0.0498. The van der Waals surface area contributed by atoms with Crippen molar-refractivity contribution < 1.29 is 23.7 Å². The van der Waals surface area contributed by atoms with E-state index >= 15 is 0 Å². The van der Waals surface area contributed by atoms with Crippen molar-refractivity contribution in [2.45, 2.75) is 25.2 Å². The van der Waals surface area contributed by atoms with Gasteiger partial charge in [0.1, 0.15) is 5.75 Å². The van der Waals surface area contributed by atoms with Gasteiger partial charge in [-0.1, -0.05) is 12.1 Å².